The van der Waals surface area contributed by atoms with Gasteiger partial charge in [0, 0.05) is 30.9 Å². The summed E-state index contributed by atoms with van der Waals surface area (Å²) in [5, 5.41) is 4.16. The first-order valence-electron chi connectivity index (χ1n) is 9.04. The van der Waals surface area contributed by atoms with Gasteiger partial charge in [0.25, 0.3) is 0 Å². The molecule has 1 aromatic heterocycles. The normalized spacial score (nSPS) is 12.0. The van der Waals surface area contributed by atoms with E-state index in [4.69, 9.17) is 0 Å². The van der Waals surface area contributed by atoms with Gasteiger partial charge in [0.05, 0.1) is 0 Å². The Hall–Kier alpha value is -2.81. The molecule has 1 N–H and O–H groups in total. The maximum absolute atomic E-state index is 12.0. The Morgan fingerprint density at radius 3 is 2.50 bits per heavy atom. The SMILES string of the molecule is CC(C)(C)c1ccc(/C=C/C(=O)NCCn2ccc3ccccc32)cc1. The van der Waals surface area contributed by atoms with E-state index in [0.29, 0.717) is 6.54 Å². The van der Waals surface area contributed by atoms with E-state index >= 15 is 0 Å². The maximum Gasteiger partial charge on any atom is 0.244 e. The van der Waals surface area contributed by atoms with Crippen molar-refractivity contribution < 1.29 is 4.79 Å². The van der Waals surface area contributed by atoms with Gasteiger partial charge in [-0.1, -0.05) is 63.2 Å². The van der Waals surface area contributed by atoms with E-state index in [1.165, 1.54) is 16.5 Å². The minimum Gasteiger partial charge on any atom is -0.351 e. The van der Waals surface area contributed by atoms with E-state index < -0.39 is 0 Å². The lowest BCUT2D eigenvalue weighted by molar-refractivity contribution is -0.116. The molecule has 0 bridgehead atoms. The molecule has 3 nitrogen and oxygen atoms in total. The molecule has 0 atom stereocenters. The van der Waals surface area contributed by atoms with Crippen LogP contribution in [0.2, 0.25) is 0 Å². The number of carbonyl (C=O) groups excluding carboxylic acids is 1. The zero-order valence-corrected chi connectivity index (χ0v) is 15.7. The van der Waals surface area contributed by atoms with Crippen molar-refractivity contribution in [2.24, 2.45) is 0 Å². The molecule has 3 rings (SSSR count). The zero-order chi connectivity index (χ0) is 18.6. The van der Waals surface area contributed by atoms with Crippen LogP contribution in [0, 0.1) is 0 Å². The van der Waals surface area contributed by atoms with Crippen LogP contribution < -0.4 is 5.32 Å². The highest BCUT2D eigenvalue weighted by molar-refractivity contribution is 5.91. The molecule has 0 spiro atoms. The number of para-hydroxylation sites is 1. The number of amides is 1. The van der Waals surface area contributed by atoms with Crippen molar-refractivity contribution in [3.05, 3.63) is 78.0 Å². The molecule has 0 unspecified atom stereocenters. The summed E-state index contributed by atoms with van der Waals surface area (Å²) in [5.74, 6) is -0.0682. The van der Waals surface area contributed by atoms with Crippen LogP contribution in [0.15, 0.2) is 66.9 Å². The van der Waals surface area contributed by atoms with Crippen LogP contribution in [0.25, 0.3) is 17.0 Å². The summed E-state index contributed by atoms with van der Waals surface area (Å²) in [7, 11) is 0. The van der Waals surface area contributed by atoms with Gasteiger partial charge in [0.2, 0.25) is 5.91 Å². The number of aromatic nitrogens is 1. The van der Waals surface area contributed by atoms with Crippen LogP contribution in [0.3, 0.4) is 0 Å². The maximum atomic E-state index is 12.0. The van der Waals surface area contributed by atoms with E-state index in [-0.39, 0.29) is 11.3 Å². The topological polar surface area (TPSA) is 34.0 Å². The number of benzene rings is 2. The van der Waals surface area contributed by atoms with Gasteiger partial charge < -0.3 is 9.88 Å². The fourth-order valence-electron chi connectivity index (χ4n) is 2.96. The quantitative estimate of drug-likeness (QED) is 0.664. The van der Waals surface area contributed by atoms with E-state index in [1.54, 1.807) is 6.08 Å². The lowest BCUT2D eigenvalue weighted by atomic mass is 9.87. The average molecular weight is 346 g/mol. The number of nitrogens with one attached hydrogen (secondary N) is 1. The third kappa shape index (κ3) is 4.42. The predicted molar refractivity (Wildman–Crippen MR) is 109 cm³/mol. The Morgan fingerprint density at radius 2 is 1.77 bits per heavy atom. The third-order valence-corrected chi connectivity index (χ3v) is 4.54. The van der Waals surface area contributed by atoms with Crippen LogP contribution in [0.1, 0.15) is 31.9 Å². The van der Waals surface area contributed by atoms with Gasteiger partial charge in [-0.2, -0.15) is 0 Å². The second-order valence-electron chi connectivity index (χ2n) is 7.56. The molecule has 26 heavy (non-hydrogen) atoms. The zero-order valence-electron chi connectivity index (χ0n) is 15.7. The number of hydrogen-bond acceptors (Lipinski definition) is 1. The van der Waals surface area contributed by atoms with Crippen molar-refractivity contribution in [2.75, 3.05) is 6.54 Å². The van der Waals surface area contributed by atoms with Crippen LogP contribution in [-0.4, -0.2) is 17.0 Å². The van der Waals surface area contributed by atoms with Gasteiger partial charge in [0.15, 0.2) is 0 Å². The van der Waals surface area contributed by atoms with E-state index in [0.717, 1.165) is 12.1 Å². The molecule has 0 saturated carbocycles. The molecule has 0 aliphatic heterocycles. The van der Waals surface area contributed by atoms with Crippen LogP contribution >= 0.6 is 0 Å². The molecular weight excluding hydrogens is 320 g/mol. The number of carbonyl (C=O) groups is 1. The van der Waals surface area contributed by atoms with Gasteiger partial charge in [-0.15, -0.1) is 0 Å². The van der Waals surface area contributed by atoms with E-state index in [1.807, 2.05) is 18.2 Å². The van der Waals surface area contributed by atoms with Gasteiger partial charge in [0.1, 0.15) is 0 Å². The monoisotopic (exact) mass is 346 g/mol. The predicted octanol–water partition coefficient (Wildman–Crippen LogP) is 4.77. The van der Waals surface area contributed by atoms with Crippen LogP contribution in [0.4, 0.5) is 0 Å². The summed E-state index contributed by atoms with van der Waals surface area (Å²) in [5.41, 5.74) is 3.65. The Kier molecular flexibility index (Phi) is 5.27. The average Bonchev–Trinajstić information content (AvgIpc) is 3.03. The fourth-order valence-corrected chi connectivity index (χ4v) is 2.96. The molecule has 0 saturated heterocycles. The van der Waals surface area contributed by atoms with Gasteiger partial charge >= 0.3 is 0 Å². The first-order chi connectivity index (χ1) is 12.4. The summed E-state index contributed by atoms with van der Waals surface area (Å²) in [4.78, 5) is 12.0. The first kappa shape index (κ1) is 18.0. The minimum absolute atomic E-state index is 0.0682. The molecule has 0 fully saturated rings. The second-order valence-corrected chi connectivity index (χ2v) is 7.56. The Balaban J connectivity index is 1.51. The molecule has 3 heteroatoms. The molecule has 0 aliphatic carbocycles. The molecule has 2 aromatic carbocycles. The van der Waals surface area contributed by atoms with Crippen molar-refractivity contribution in [1.29, 1.82) is 0 Å². The molecule has 1 amide bonds. The molecule has 0 radical (unpaired) electrons. The van der Waals surface area contributed by atoms with Crippen LogP contribution in [-0.2, 0) is 16.8 Å². The van der Waals surface area contributed by atoms with Crippen molar-refractivity contribution in [1.82, 2.24) is 9.88 Å². The standard InChI is InChI=1S/C23H26N2O/c1-23(2,3)20-11-8-18(9-12-20)10-13-22(26)24-15-17-25-16-14-19-6-4-5-7-21(19)25/h4-14,16H,15,17H2,1-3H3,(H,24,26)/b13-10+. The smallest absolute Gasteiger partial charge is 0.244 e. The highest BCUT2D eigenvalue weighted by Crippen LogP contribution is 2.22. The summed E-state index contributed by atoms with van der Waals surface area (Å²) in [6, 6.07) is 18.7. The van der Waals surface area contributed by atoms with Crippen molar-refractivity contribution in [3.8, 4) is 0 Å². The molecule has 134 valence electrons. The summed E-state index contributed by atoms with van der Waals surface area (Å²) in [6.45, 7) is 7.94. The molecule has 1 heterocycles. The molecular formula is C23H26N2O. The second kappa shape index (κ2) is 7.61. The molecule has 3 aromatic rings. The Labute approximate surface area is 155 Å². The summed E-state index contributed by atoms with van der Waals surface area (Å²) >= 11 is 0. The summed E-state index contributed by atoms with van der Waals surface area (Å²) in [6.07, 6.45) is 5.51. The lowest BCUT2D eigenvalue weighted by Crippen LogP contribution is -2.25. The van der Waals surface area contributed by atoms with Crippen LogP contribution in [0.5, 0.6) is 0 Å². The van der Waals surface area contributed by atoms with Gasteiger partial charge in [-0.3, -0.25) is 4.79 Å². The first-order valence-corrected chi connectivity index (χ1v) is 9.04. The summed E-state index contributed by atoms with van der Waals surface area (Å²) < 4.78 is 2.16. The highest BCUT2D eigenvalue weighted by atomic mass is 16.1. The Bertz CT molecular complexity index is 911. The van der Waals surface area contributed by atoms with Gasteiger partial charge in [-0.25, -0.2) is 0 Å². The number of nitrogens with zero attached hydrogens (tertiary/aromatic N) is 1. The highest BCUT2D eigenvalue weighted by Gasteiger charge is 2.12. The Morgan fingerprint density at radius 1 is 1.04 bits per heavy atom. The molecule has 0 aliphatic rings. The number of rotatable bonds is 5. The van der Waals surface area contributed by atoms with Crippen molar-refractivity contribution >= 4 is 22.9 Å². The van der Waals surface area contributed by atoms with Crippen molar-refractivity contribution in [3.63, 3.8) is 0 Å². The van der Waals surface area contributed by atoms with Gasteiger partial charge in [-0.05, 0) is 40.1 Å². The van der Waals surface area contributed by atoms with Crippen molar-refractivity contribution in [2.45, 2.75) is 32.7 Å². The minimum atomic E-state index is -0.0682. The number of fused-ring (bicyclic) bond motifs is 1. The fraction of sp³-hybridized carbons (Fsp3) is 0.261. The number of hydrogen-bond donors (Lipinski definition) is 1. The largest absolute Gasteiger partial charge is 0.351 e. The lowest BCUT2D eigenvalue weighted by Gasteiger charge is -2.18. The third-order valence-electron chi connectivity index (χ3n) is 4.54. The van der Waals surface area contributed by atoms with E-state index in [9.17, 15) is 4.79 Å². The van der Waals surface area contributed by atoms with E-state index in [2.05, 4.69) is 79.3 Å².